The molecule has 13 heavy (non-hydrogen) atoms. The minimum atomic E-state index is -0.812. The second-order valence-corrected chi connectivity index (χ2v) is 3.21. The zero-order chi connectivity index (χ0) is 10.0. The molecular formula is C10H13NO2. The Hall–Kier alpha value is -1.38. The summed E-state index contributed by atoms with van der Waals surface area (Å²) >= 11 is 0. The fourth-order valence-electron chi connectivity index (χ4n) is 1.22. The topological polar surface area (TPSA) is 50.2 Å². The van der Waals surface area contributed by atoms with Crippen molar-refractivity contribution in [3.05, 3.63) is 28.6 Å². The molecule has 0 aliphatic rings. The van der Waals surface area contributed by atoms with Gasteiger partial charge < -0.3 is 5.11 Å². The molecule has 1 aromatic heterocycles. The van der Waals surface area contributed by atoms with Gasteiger partial charge in [0.2, 0.25) is 0 Å². The first kappa shape index (κ1) is 9.71. The van der Waals surface area contributed by atoms with Crippen LogP contribution in [0, 0.1) is 20.8 Å². The Morgan fingerprint density at radius 1 is 1.38 bits per heavy atom. The number of aryl methyl sites for hydroxylation is 3. The highest BCUT2D eigenvalue weighted by atomic mass is 16.4. The van der Waals surface area contributed by atoms with E-state index in [4.69, 9.17) is 5.11 Å². The normalized spacial score (nSPS) is 10.1. The summed E-state index contributed by atoms with van der Waals surface area (Å²) in [4.78, 5) is 14.8. The molecule has 0 unspecified atom stereocenters. The Morgan fingerprint density at radius 3 is 2.54 bits per heavy atom. The Morgan fingerprint density at radius 2 is 2.00 bits per heavy atom. The van der Waals surface area contributed by atoms with Gasteiger partial charge in [0.25, 0.3) is 0 Å². The molecule has 1 heterocycles. The lowest BCUT2D eigenvalue weighted by atomic mass is 10.1. The van der Waals surface area contributed by atoms with Crippen LogP contribution in [0.3, 0.4) is 0 Å². The predicted molar refractivity (Wildman–Crippen MR) is 49.8 cm³/mol. The molecule has 0 saturated carbocycles. The van der Waals surface area contributed by atoms with Crippen molar-refractivity contribution >= 4 is 5.97 Å². The Balaban J connectivity index is 3.08. The smallest absolute Gasteiger partial charge is 0.307 e. The van der Waals surface area contributed by atoms with Crippen molar-refractivity contribution in [2.24, 2.45) is 0 Å². The molecule has 0 spiro atoms. The van der Waals surface area contributed by atoms with Gasteiger partial charge in [-0.3, -0.25) is 9.78 Å². The van der Waals surface area contributed by atoms with Gasteiger partial charge in [-0.05, 0) is 31.9 Å². The van der Waals surface area contributed by atoms with Crippen LogP contribution in [0.2, 0.25) is 0 Å². The highest BCUT2D eigenvalue weighted by Gasteiger charge is 2.06. The number of carbonyl (C=O) groups is 1. The van der Waals surface area contributed by atoms with Crippen LogP contribution in [-0.2, 0) is 11.2 Å². The quantitative estimate of drug-likeness (QED) is 0.750. The van der Waals surface area contributed by atoms with Crippen molar-refractivity contribution in [2.45, 2.75) is 27.2 Å². The maximum absolute atomic E-state index is 10.5. The first-order valence-corrected chi connectivity index (χ1v) is 4.16. The van der Waals surface area contributed by atoms with E-state index < -0.39 is 5.97 Å². The van der Waals surface area contributed by atoms with Crippen LogP contribution in [0.4, 0.5) is 0 Å². The fourth-order valence-corrected chi connectivity index (χ4v) is 1.22. The predicted octanol–water partition coefficient (Wildman–Crippen LogP) is 1.63. The van der Waals surface area contributed by atoms with Gasteiger partial charge in [-0.2, -0.15) is 0 Å². The van der Waals surface area contributed by atoms with Crippen LogP contribution in [-0.4, -0.2) is 16.1 Å². The molecule has 70 valence electrons. The number of nitrogens with zero attached hydrogens (tertiary/aromatic N) is 1. The number of hydrogen-bond donors (Lipinski definition) is 1. The second kappa shape index (κ2) is 3.56. The zero-order valence-electron chi connectivity index (χ0n) is 8.09. The summed E-state index contributed by atoms with van der Waals surface area (Å²) in [6, 6.07) is 1.89. The number of hydrogen-bond acceptors (Lipinski definition) is 2. The lowest BCUT2D eigenvalue weighted by Crippen LogP contribution is -2.05. The third-order valence-electron chi connectivity index (χ3n) is 2.10. The zero-order valence-corrected chi connectivity index (χ0v) is 8.09. The number of pyridine rings is 1. The van der Waals surface area contributed by atoms with Crippen LogP contribution < -0.4 is 0 Å². The number of rotatable bonds is 2. The fraction of sp³-hybridized carbons (Fsp3) is 0.400. The van der Waals surface area contributed by atoms with Gasteiger partial charge in [-0.25, -0.2) is 0 Å². The highest BCUT2D eigenvalue weighted by Crippen LogP contribution is 2.11. The van der Waals surface area contributed by atoms with Crippen molar-refractivity contribution in [3.63, 3.8) is 0 Å². The number of carboxylic acid groups (broad SMARTS) is 1. The van der Waals surface area contributed by atoms with Crippen molar-refractivity contribution in [3.8, 4) is 0 Å². The van der Waals surface area contributed by atoms with Gasteiger partial charge in [-0.15, -0.1) is 0 Å². The van der Waals surface area contributed by atoms with E-state index >= 15 is 0 Å². The van der Waals surface area contributed by atoms with E-state index in [0.717, 1.165) is 22.5 Å². The molecule has 3 heteroatoms. The summed E-state index contributed by atoms with van der Waals surface area (Å²) in [5.74, 6) is -0.812. The van der Waals surface area contributed by atoms with Crippen LogP contribution in [0.25, 0.3) is 0 Å². The summed E-state index contributed by atoms with van der Waals surface area (Å²) in [7, 11) is 0. The largest absolute Gasteiger partial charge is 0.481 e. The van der Waals surface area contributed by atoms with Crippen molar-refractivity contribution in [1.29, 1.82) is 0 Å². The Bertz CT molecular complexity index is 345. The monoisotopic (exact) mass is 179 g/mol. The van der Waals surface area contributed by atoms with Gasteiger partial charge in [-0.1, -0.05) is 6.07 Å². The third kappa shape index (κ3) is 2.28. The molecule has 1 rings (SSSR count). The molecule has 0 radical (unpaired) electrons. The molecule has 1 N–H and O–H groups in total. The van der Waals surface area contributed by atoms with Gasteiger partial charge in [0.1, 0.15) is 0 Å². The number of aromatic nitrogens is 1. The van der Waals surface area contributed by atoms with E-state index in [1.54, 1.807) is 0 Å². The summed E-state index contributed by atoms with van der Waals surface area (Å²) in [5.41, 5.74) is 3.62. The van der Waals surface area contributed by atoms with Gasteiger partial charge in [0.05, 0.1) is 6.42 Å². The Kier molecular flexibility index (Phi) is 2.66. The molecule has 3 nitrogen and oxygen atoms in total. The van der Waals surface area contributed by atoms with E-state index in [1.807, 2.05) is 26.8 Å². The third-order valence-corrected chi connectivity index (χ3v) is 2.10. The molecule has 0 bridgehead atoms. The second-order valence-electron chi connectivity index (χ2n) is 3.21. The first-order chi connectivity index (χ1) is 6.00. The standard InChI is InChI=1S/C10H13NO2/c1-6-4-9(5-10(12)13)8(3)11-7(6)2/h4H,5H2,1-3H3,(H,12,13). The molecule has 0 amide bonds. The maximum atomic E-state index is 10.5. The minimum Gasteiger partial charge on any atom is -0.481 e. The van der Waals surface area contributed by atoms with Crippen LogP contribution in [0.1, 0.15) is 22.5 Å². The van der Waals surface area contributed by atoms with E-state index in [2.05, 4.69) is 4.98 Å². The minimum absolute atomic E-state index is 0.0555. The van der Waals surface area contributed by atoms with Gasteiger partial charge in [0.15, 0.2) is 0 Å². The van der Waals surface area contributed by atoms with Crippen LogP contribution in [0.15, 0.2) is 6.07 Å². The average molecular weight is 179 g/mol. The SMILES string of the molecule is Cc1cc(CC(=O)O)c(C)nc1C. The molecule has 0 aromatic carbocycles. The van der Waals surface area contributed by atoms with Gasteiger partial charge >= 0.3 is 5.97 Å². The highest BCUT2D eigenvalue weighted by molar-refractivity contribution is 5.70. The van der Waals surface area contributed by atoms with E-state index in [-0.39, 0.29) is 6.42 Å². The van der Waals surface area contributed by atoms with Crippen LogP contribution >= 0.6 is 0 Å². The van der Waals surface area contributed by atoms with Crippen molar-refractivity contribution in [2.75, 3.05) is 0 Å². The summed E-state index contributed by atoms with van der Waals surface area (Å²) in [6.45, 7) is 5.70. The molecule has 0 aliphatic carbocycles. The molecule has 0 atom stereocenters. The lowest BCUT2D eigenvalue weighted by Gasteiger charge is -2.06. The molecule has 1 aromatic rings. The molecule has 0 saturated heterocycles. The van der Waals surface area contributed by atoms with Gasteiger partial charge in [0, 0.05) is 11.4 Å². The van der Waals surface area contributed by atoms with Crippen molar-refractivity contribution < 1.29 is 9.90 Å². The molecule has 0 fully saturated rings. The number of carboxylic acids is 1. The van der Waals surface area contributed by atoms with E-state index in [0.29, 0.717) is 0 Å². The summed E-state index contributed by atoms with van der Waals surface area (Å²) < 4.78 is 0. The summed E-state index contributed by atoms with van der Waals surface area (Å²) in [5, 5.41) is 8.62. The van der Waals surface area contributed by atoms with E-state index in [1.165, 1.54) is 0 Å². The average Bonchev–Trinajstić information content (AvgIpc) is 1.99. The molecular weight excluding hydrogens is 166 g/mol. The maximum Gasteiger partial charge on any atom is 0.307 e. The first-order valence-electron chi connectivity index (χ1n) is 4.16. The molecule has 0 aliphatic heterocycles. The van der Waals surface area contributed by atoms with E-state index in [9.17, 15) is 4.79 Å². The summed E-state index contributed by atoms with van der Waals surface area (Å²) in [6.07, 6.45) is 0.0555. The number of aliphatic carboxylic acids is 1. The van der Waals surface area contributed by atoms with Crippen molar-refractivity contribution in [1.82, 2.24) is 4.98 Å². The lowest BCUT2D eigenvalue weighted by molar-refractivity contribution is -0.136. The van der Waals surface area contributed by atoms with Crippen LogP contribution in [0.5, 0.6) is 0 Å². The Labute approximate surface area is 77.4 Å².